The van der Waals surface area contributed by atoms with E-state index in [1.807, 2.05) is 13.8 Å². The normalized spacial score (nSPS) is 7.91. The average molecular weight is 157 g/mol. The number of methoxy groups -OCH3 is 1. The first-order valence-corrected chi connectivity index (χ1v) is 3.33. The van der Waals surface area contributed by atoms with Crippen molar-refractivity contribution in [2.45, 2.75) is 13.8 Å². The topological polar surface area (TPSA) is 52.3 Å². The summed E-state index contributed by atoms with van der Waals surface area (Å²) in [5.74, 6) is -0.384. The van der Waals surface area contributed by atoms with Gasteiger partial charge in [-0.15, -0.1) is 0 Å². The smallest absolute Gasteiger partial charge is 0.376 e. The number of rotatable bonds is 1. The molecular weight excluding hydrogens is 146 g/mol. The summed E-state index contributed by atoms with van der Waals surface area (Å²) in [7, 11) is 1.28. The summed E-state index contributed by atoms with van der Waals surface area (Å²) in [5.41, 5.74) is 0. The van der Waals surface area contributed by atoms with Crippen LogP contribution in [0.3, 0.4) is 0 Å². The fourth-order valence-electron chi connectivity index (χ4n) is 0.422. The number of nitrogens with zero attached hydrogens (tertiary/aromatic N) is 1. The van der Waals surface area contributed by atoms with Gasteiger partial charge in [-0.05, 0) is 0 Å². The maximum atomic E-state index is 10.5. The summed E-state index contributed by atoms with van der Waals surface area (Å²) in [5, 5.41) is 3.32. The summed E-state index contributed by atoms with van der Waals surface area (Å²) < 4.78 is 8.78. The van der Waals surface area contributed by atoms with E-state index in [1.54, 1.807) is 0 Å². The van der Waals surface area contributed by atoms with Crippen LogP contribution >= 0.6 is 0 Å². The minimum atomic E-state index is -0.507. The first-order chi connectivity index (χ1) is 5.34. The van der Waals surface area contributed by atoms with Crippen molar-refractivity contribution in [1.82, 2.24) is 5.16 Å². The molecule has 0 saturated carbocycles. The lowest BCUT2D eigenvalue weighted by atomic mass is 10.5. The van der Waals surface area contributed by atoms with Gasteiger partial charge in [0.15, 0.2) is 0 Å². The summed E-state index contributed by atoms with van der Waals surface area (Å²) in [6, 6.07) is 1.44. The molecule has 1 aromatic heterocycles. The Bertz CT molecular complexity index is 193. The third-order valence-corrected chi connectivity index (χ3v) is 0.824. The fraction of sp³-hybridized carbons (Fsp3) is 0.429. The van der Waals surface area contributed by atoms with Crippen LogP contribution < -0.4 is 0 Å². The fourth-order valence-corrected chi connectivity index (χ4v) is 0.422. The first-order valence-electron chi connectivity index (χ1n) is 3.33. The van der Waals surface area contributed by atoms with Crippen molar-refractivity contribution in [3.63, 3.8) is 0 Å². The molecule has 0 aromatic carbocycles. The Morgan fingerprint density at radius 2 is 2.27 bits per heavy atom. The molecule has 0 N–H and O–H groups in total. The van der Waals surface area contributed by atoms with E-state index in [-0.39, 0.29) is 5.76 Å². The Morgan fingerprint density at radius 3 is 2.64 bits per heavy atom. The molecule has 0 radical (unpaired) electrons. The van der Waals surface area contributed by atoms with Crippen LogP contribution in [0.1, 0.15) is 24.4 Å². The predicted octanol–water partition coefficient (Wildman–Crippen LogP) is 1.49. The van der Waals surface area contributed by atoms with Crippen molar-refractivity contribution in [2.75, 3.05) is 7.11 Å². The molecule has 1 rings (SSSR count). The molecule has 0 amide bonds. The molecule has 0 aliphatic heterocycles. The van der Waals surface area contributed by atoms with Crippen molar-refractivity contribution in [3.8, 4) is 0 Å². The van der Waals surface area contributed by atoms with Gasteiger partial charge >= 0.3 is 5.97 Å². The molecule has 0 fully saturated rings. The molecular formula is C7H11NO3. The highest BCUT2D eigenvalue weighted by molar-refractivity contribution is 5.85. The van der Waals surface area contributed by atoms with E-state index in [4.69, 9.17) is 0 Å². The lowest BCUT2D eigenvalue weighted by molar-refractivity contribution is 0.0554. The van der Waals surface area contributed by atoms with E-state index in [0.29, 0.717) is 0 Å². The number of aromatic nitrogens is 1. The van der Waals surface area contributed by atoms with Gasteiger partial charge in [-0.2, -0.15) is 0 Å². The molecule has 0 bridgehead atoms. The van der Waals surface area contributed by atoms with Crippen LogP contribution in [0.2, 0.25) is 0 Å². The third-order valence-electron chi connectivity index (χ3n) is 0.824. The van der Waals surface area contributed by atoms with Crippen LogP contribution in [-0.4, -0.2) is 18.2 Å². The highest BCUT2D eigenvalue weighted by Crippen LogP contribution is 1.96. The first kappa shape index (κ1) is 9.68. The standard InChI is InChI=1S/C5H5NO3.C2H6/c1-8-5(7)4-2-3-6-9-4;1-2/h2-3H,1H3;1-2H3. The Hall–Kier alpha value is -1.32. The summed E-state index contributed by atoms with van der Waals surface area (Å²) >= 11 is 0. The highest BCUT2D eigenvalue weighted by atomic mass is 16.5. The van der Waals surface area contributed by atoms with Gasteiger partial charge in [0, 0.05) is 6.07 Å². The molecule has 1 heterocycles. The number of carbonyl (C=O) groups is 1. The average Bonchev–Trinajstić information content (AvgIpc) is 2.59. The van der Waals surface area contributed by atoms with Crippen LogP contribution in [-0.2, 0) is 4.74 Å². The van der Waals surface area contributed by atoms with E-state index in [0.717, 1.165) is 0 Å². The lowest BCUT2D eigenvalue weighted by Crippen LogP contribution is -1.97. The minimum absolute atomic E-state index is 0.123. The molecule has 4 nitrogen and oxygen atoms in total. The SMILES string of the molecule is CC.COC(=O)c1ccno1. The van der Waals surface area contributed by atoms with Gasteiger partial charge in [0.05, 0.1) is 13.3 Å². The Balaban J connectivity index is 0.000000461. The maximum absolute atomic E-state index is 10.5. The second kappa shape index (κ2) is 5.46. The second-order valence-corrected chi connectivity index (χ2v) is 1.37. The van der Waals surface area contributed by atoms with Crippen molar-refractivity contribution < 1.29 is 14.1 Å². The number of hydrogen-bond acceptors (Lipinski definition) is 4. The molecule has 1 aromatic rings. The maximum Gasteiger partial charge on any atom is 0.376 e. The largest absolute Gasteiger partial charge is 0.463 e. The third kappa shape index (κ3) is 2.84. The predicted molar refractivity (Wildman–Crippen MR) is 39.2 cm³/mol. The van der Waals surface area contributed by atoms with E-state index >= 15 is 0 Å². The summed E-state index contributed by atoms with van der Waals surface area (Å²) in [6.45, 7) is 4.00. The van der Waals surface area contributed by atoms with Gasteiger partial charge in [-0.1, -0.05) is 19.0 Å². The number of hydrogen-bond donors (Lipinski definition) is 0. The number of ether oxygens (including phenoxy) is 1. The van der Waals surface area contributed by atoms with Crippen molar-refractivity contribution in [2.24, 2.45) is 0 Å². The molecule has 0 unspecified atom stereocenters. The Kier molecular flexibility index (Phi) is 4.81. The van der Waals surface area contributed by atoms with E-state index in [9.17, 15) is 4.79 Å². The van der Waals surface area contributed by atoms with Crippen LogP contribution in [0.5, 0.6) is 0 Å². The molecule has 0 aliphatic carbocycles. The highest BCUT2D eigenvalue weighted by Gasteiger charge is 2.07. The molecule has 11 heavy (non-hydrogen) atoms. The van der Waals surface area contributed by atoms with Crippen LogP contribution in [0.15, 0.2) is 16.8 Å². The van der Waals surface area contributed by atoms with Gasteiger partial charge in [-0.3, -0.25) is 0 Å². The molecule has 4 heteroatoms. The van der Waals surface area contributed by atoms with Gasteiger partial charge in [0.25, 0.3) is 0 Å². The monoisotopic (exact) mass is 157 g/mol. The summed E-state index contributed by atoms with van der Waals surface area (Å²) in [4.78, 5) is 10.5. The number of carbonyl (C=O) groups excluding carboxylic acids is 1. The molecule has 0 aliphatic rings. The molecule has 0 atom stereocenters. The molecule has 62 valence electrons. The van der Waals surface area contributed by atoms with Crippen LogP contribution in [0.25, 0.3) is 0 Å². The van der Waals surface area contributed by atoms with Gasteiger partial charge in [0.2, 0.25) is 5.76 Å². The molecule has 0 spiro atoms. The van der Waals surface area contributed by atoms with Crippen molar-refractivity contribution in [1.29, 1.82) is 0 Å². The van der Waals surface area contributed by atoms with E-state index in [1.165, 1.54) is 19.4 Å². The molecule has 0 saturated heterocycles. The summed E-state index contributed by atoms with van der Waals surface area (Å²) in [6.07, 6.45) is 1.38. The van der Waals surface area contributed by atoms with Crippen molar-refractivity contribution in [3.05, 3.63) is 18.0 Å². The minimum Gasteiger partial charge on any atom is -0.463 e. The van der Waals surface area contributed by atoms with E-state index < -0.39 is 5.97 Å². The van der Waals surface area contributed by atoms with Gasteiger partial charge in [-0.25, -0.2) is 4.79 Å². The Morgan fingerprint density at radius 1 is 1.64 bits per heavy atom. The van der Waals surface area contributed by atoms with Crippen LogP contribution in [0, 0.1) is 0 Å². The number of esters is 1. The zero-order valence-corrected chi connectivity index (χ0v) is 6.83. The van der Waals surface area contributed by atoms with E-state index in [2.05, 4.69) is 14.4 Å². The van der Waals surface area contributed by atoms with Gasteiger partial charge < -0.3 is 9.26 Å². The zero-order chi connectivity index (χ0) is 8.69. The Labute approximate surface area is 65.1 Å². The zero-order valence-electron chi connectivity index (χ0n) is 6.83. The second-order valence-electron chi connectivity index (χ2n) is 1.37. The van der Waals surface area contributed by atoms with Gasteiger partial charge in [0.1, 0.15) is 0 Å². The lowest BCUT2D eigenvalue weighted by Gasteiger charge is -1.88. The van der Waals surface area contributed by atoms with Crippen LogP contribution in [0.4, 0.5) is 0 Å². The quantitative estimate of drug-likeness (QED) is 0.579. The van der Waals surface area contributed by atoms with Crippen molar-refractivity contribution >= 4 is 5.97 Å².